The number of hydrogen-bond acceptors (Lipinski definition) is 4. The van der Waals surface area contributed by atoms with E-state index >= 15 is 0 Å². The van der Waals surface area contributed by atoms with Crippen LogP contribution in [0.1, 0.15) is 15.9 Å². The van der Waals surface area contributed by atoms with Crippen LogP contribution in [0.25, 0.3) is 0 Å². The van der Waals surface area contributed by atoms with Gasteiger partial charge in [0.15, 0.2) is 0 Å². The molecular formula is C10H13NO3. The molecule has 0 heterocycles. The van der Waals surface area contributed by atoms with E-state index in [-0.39, 0.29) is 0 Å². The fraction of sp³-hybridized carbons (Fsp3) is 0.300. The highest BCUT2D eigenvalue weighted by atomic mass is 16.5. The van der Waals surface area contributed by atoms with Gasteiger partial charge in [-0.3, -0.25) is 0 Å². The minimum atomic E-state index is -0.458. The highest BCUT2D eigenvalue weighted by Gasteiger charge is 2.12. The second-order valence-corrected chi connectivity index (χ2v) is 2.90. The van der Waals surface area contributed by atoms with Crippen molar-refractivity contribution in [1.29, 1.82) is 0 Å². The van der Waals surface area contributed by atoms with Crippen LogP contribution in [0.4, 0.5) is 5.69 Å². The number of hydrogen-bond donors (Lipinski definition) is 1. The second kappa shape index (κ2) is 4.00. The summed E-state index contributed by atoms with van der Waals surface area (Å²) in [5.74, 6) is 0.167. The first-order valence-electron chi connectivity index (χ1n) is 4.12. The summed E-state index contributed by atoms with van der Waals surface area (Å²) in [5.41, 5.74) is 7.28. The maximum atomic E-state index is 11.3. The summed E-state index contributed by atoms with van der Waals surface area (Å²) in [5, 5.41) is 0. The molecule has 4 heteroatoms. The molecular weight excluding hydrogens is 182 g/mol. The molecule has 0 amide bonds. The molecule has 0 aromatic heterocycles. The molecule has 4 nitrogen and oxygen atoms in total. The number of carbonyl (C=O) groups is 1. The van der Waals surface area contributed by atoms with Crippen molar-refractivity contribution in [3.8, 4) is 5.75 Å². The standard InChI is InChI=1S/C10H13NO3/c1-6-4-8(11)7(10(12)14-3)5-9(6)13-2/h4-5H,11H2,1-3H3. The van der Waals surface area contributed by atoms with Gasteiger partial charge in [-0.15, -0.1) is 0 Å². The molecule has 76 valence electrons. The van der Waals surface area contributed by atoms with E-state index in [1.807, 2.05) is 6.92 Å². The SMILES string of the molecule is COC(=O)c1cc(OC)c(C)cc1N. The lowest BCUT2D eigenvalue weighted by Gasteiger charge is -2.09. The zero-order valence-electron chi connectivity index (χ0n) is 8.46. The minimum Gasteiger partial charge on any atom is -0.496 e. The van der Waals surface area contributed by atoms with Crippen LogP contribution in [-0.4, -0.2) is 20.2 Å². The average molecular weight is 195 g/mol. The molecule has 1 rings (SSSR count). The van der Waals surface area contributed by atoms with Crippen molar-refractivity contribution in [2.24, 2.45) is 0 Å². The van der Waals surface area contributed by atoms with Crippen LogP contribution < -0.4 is 10.5 Å². The van der Waals surface area contributed by atoms with Gasteiger partial charge in [0.2, 0.25) is 0 Å². The maximum Gasteiger partial charge on any atom is 0.340 e. The lowest BCUT2D eigenvalue weighted by molar-refractivity contribution is 0.0601. The van der Waals surface area contributed by atoms with Crippen LogP contribution >= 0.6 is 0 Å². The predicted molar refractivity (Wildman–Crippen MR) is 53.5 cm³/mol. The molecule has 1 aromatic carbocycles. The van der Waals surface area contributed by atoms with E-state index in [0.29, 0.717) is 17.0 Å². The Kier molecular flexibility index (Phi) is 2.96. The van der Waals surface area contributed by atoms with E-state index in [0.717, 1.165) is 5.56 Å². The van der Waals surface area contributed by atoms with Crippen molar-refractivity contribution in [2.75, 3.05) is 20.0 Å². The van der Waals surface area contributed by atoms with E-state index in [1.54, 1.807) is 19.2 Å². The third kappa shape index (κ3) is 1.79. The van der Waals surface area contributed by atoms with Crippen molar-refractivity contribution in [3.63, 3.8) is 0 Å². The monoisotopic (exact) mass is 195 g/mol. The minimum absolute atomic E-state index is 0.329. The van der Waals surface area contributed by atoms with Crippen LogP contribution in [0.2, 0.25) is 0 Å². The zero-order valence-corrected chi connectivity index (χ0v) is 8.46. The van der Waals surface area contributed by atoms with Gasteiger partial charge in [-0.05, 0) is 24.6 Å². The largest absolute Gasteiger partial charge is 0.496 e. The molecule has 0 aliphatic rings. The van der Waals surface area contributed by atoms with E-state index < -0.39 is 5.97 Å². The Morgan fingerprint density at radius 1 is 1.36 bits per heavy atom. The number of nitrogen functional groups attached to an aromatic ring is 1. The number of carbonyl (C=O) groups excluding carboxylic acids is 1. The van der Waals surface area contributed by atoms with Crippen molar-refractivity contribution in [2.45, 2.75) is 6.92 Å². The van der Waals surface area contributed by atoms with Crippen LogP contribution in [0.5, 0.6) is 5.75 Å². The van der Waals surface area contributed by atoms with Gasteiger partial charge < -0.3 is 15.2 Å². The number of rotatable bonds is 2. The number of methoxy groups -OCH3 is 2. The molecule has 0 unspecified atom stereocenters. The number of esters is 1. The summed E-state index contributed by atoms with van der Waals surface area (Å²) in [6, 6.07) is 3.27. The first kappa shape index (κ1) is 10.4. The van der Waals surface area contributed by atoms with Gasteiger partial charge in [0.1, 0.15) is 5.75 Å². The average Bonchev–Trinajstić information content (AvgIpc) is 2.17. The third-order valence-corrected chi connectivity index (χ3v) is 1.97. The number of aryl methyl sites for hydroxylation is 1. The Morgan fingerprint density at radius 2 is 2.00 bits per heavy atom. The van der Waals surface area contributed by atoms with Crippen molar-refractivity contribution in [1.82, 2.24) is 0 Å². The zero-order chi connectivity index (χ0) is 10.7. The summed E-state index contributed by atoms with van der Waals surface area (Å²) in [4.78, 5) is 11.3. The van der Waals surface area contributed by atoms with E-state index in [4.69, 9.17) is 10.5 Å². The molecule has 0 aliphatic carbocycles. The Labute approximate surface area is 82.6 Å². The summed E-state index contributed by atoms with van der Waals surface area (Å²) in [7, 11) is 2.85. The number of anilines is 1. The molecule has 0 bridgehead atoms. The molecule has 0 fully saturated rings. The summed E-state index contributed by atoms with van der Waals surface area (Å²) >= 11 is 0. The molecule has 0 saturated heterocycles. The van der Waals surface area contributed by atoms with Gasteiger partial charge in [0.05, 0.1) is 19.8 Å². The molecule has 0 atom stereocenters. The van der Waals surface area contributed by atoms with Gasteiger partial charge in [0, 0.05) is 5.69 Å². The van der Waals surface area contributed by atoms with E-state index in [9.17, 15) is 4.79 Å². The van der Waals surface area contributed by atoms with Crippen molar-refractivity contribution >= 4 is 11.7 Å². The summed E-state index contributed by atoms with van der Waals surface area (Å²) in [6.45, 7) is 1.86. The first-order valence-corrected chi connectivity index (χ1v) is 4.12. The Balaban J connectivity index is 3.24. The maximum absolute atomic E-state index is 11.3. The molecule has 0 radical (unpaired) electrons. The van der Waals surface area contributed by atoms with Crippen molar-refractivity contribution < 1.29 is 14.3 Å². The Morgan fingerprint density at radius 3 is 2.50 bits per heavy atom. The van der Waals surface area contributed by atoms with Crippen LogP contribution in [0, 0.1) is 6.92 Å². The quantitative estimate of drug-likeness (QED) is 0.572. The highest BCUT2D eigenvalue weighted by molar-refractivity contribution is 5.95. The van der Waals surface area contributed by atoms with E-state index in [2.05, 4.69) is 4.74 Å². The second-order valence-electron chi connectivity index (χ2n) is 2.90. The number of ether oxygens (including phenoxy) is 2. The van der Waals surface area contributed by atoms with Crippen LogP contribution in [0.15, 0.2) is 12.1 Å². The van der Waals surface area contributed by atoms with Crippen molar-refractivity contribution in [3.05, 3.63) is 23.3 Å². The number of benzene rings is 1. The van der Waals surface area contributed by atoms with Crippen LogP contribution in [0.3, 0.4) is 0 Å². The van der Waals surface area contributed by atoms with Gasteiger partial charge in [-0.25, -0.2) is 4.79 Å². The molecule has 0 aliphatic heterocycles. The fourth-order valence-electron chi connectivity index (χ4n) is 1.22. The molecule has 0 spiro atoms. The fourth-order valence-corrected chi connectivity index (χ4v) is 1.22. The normalized spacial score (nSPS) is 9.64. The molecule has 14 heavy (non-hydrogen) atoms. The van der Waals surface area contributed by atoms with E-state index in [1.165, 1.54) is 7.11 Å². The van der Waals surface area contributed by atoms with Gasteiger partial charge >= 0.3 is 5.97 Å². The first-order chi connectivity index (χ1) is 6.60. The highest BCUT2D eigenvalue weighted by Crippen LogP contribution is 2.24. The topological polar surface area (TPSA) is 61.5 Å². The van der Waals surface area contributed by atoms with Crippen LogP contribution in [-0.2, 0) is 4.74 Å². The smallest absolute Gasteiger partial charge is 0.340 e. The lowest BCUT2D eigenvalue weighted by Crippen LogP contribution is -2.06. The Hall–Kier alpha value is -1.71. The third-order valence-electron chi connectivity index (χ3n) is 1.97. The lowest BCUT2D eigenvalue weighted by atomic mass is 10.1. The summed E-state index contributed by atoms with van der Waals surface area (Å²) in [6.07, 6.45) is 0. The van der Waals surface area contributed by atoms with Gasteiger partial charge in [0.25, 0.3) is 0 Å². The van der Waals surface area contributed by atoms with Gasteiger partial charge in [-0.1, -0.05) is 0 Å². The molecule has 1 aromatic rings. The number of nitrogens with two attached hydrogens (primary N) is 1. The predicted octanol–water partition coefficient (Wildman–Crippen LogP) is 1.37. The molecule has 0 saturated carbocycles. The van der Waals surface area contributed by atoms with Gasteiger partial charge in [-0.2, -0.15) is 0 Å². The Bertz CT molecular complexity index is 361. The summed E-state index contributed by atoms with van der Waals surface area (Å²) < 4.78 is 9.65. The molecule has 2 N–H and O–H groups in total.